The second-order valence-electron chi connectivity index (χ2n) is 5.85. The first-order chi connectivity index (χ1) is 9.20. The minimum atomic E-state index is 0.0119. The molecule has 3 atom stereocenters. The molecule has 3 fully saturated rings. The van der Waals surface area contributed by atoms with Gasteiger partial charge in [-0.25, -0.2) is 4.79 Å². The topological polar surface area (TPSA) is 78.7 Å². The number of carbonyl (C=O) groups excluding carboxylic acids is 2. The molecule has 6 heteroatoms. The van der Waals surface area contributed by atoms with Gasteiger partial charge in [0.2, 0.25) is 5.91 Å². The highest BCUT2D eigenvalue weighted by Gasteiger charge is 2.40. The standard InChI is InChI=1S/C13H22N4O2/c14-6-9-2-1-3-11(9)12(18)16-4-5-17-10(8-16)7-15-13(17)19/h9-11H,1-8,14H2,(H,15,19). The van der Waals surface area contributed by atoms with Gasteiger partial charge in [0.25, 0.3) is 0 Å². The van der Waals surface area contributed by atoms with E-state index in [0.717, 1.165) is 19.3 Å². The highest BCUT2D eigenvalue weighted by atomic mass is 16.2. The van der Waals surface area contributed by atoms with Crippen LogP contribution >= 0.6 is 0 Å². The van der Waals surface area contributed by atoms with E-state index in [-0.39, 0.29) is 23.9 Å². The highest BCUT2D eigenvalue weighted by Crippen LogP contribution is 2.33. The molecule has 2 heterocycles. The van der Waals surface area contributed by atoms with Crippen LogP contribution in [0.5, 0.6) is 0 Å². The molecular formula is C13H22N4O2. The molecule has 1 saturated carbocycles. The summed E-state index contributed by atoms with van der Waals surface area (Å²) < 4.78 is 0. The molecule has 1 aliphatic carbocycles. The third kappa shape index (κ3) is 2.18. The van der Waals surface area contributed by atoms with Crippen LogP contribution in [-0.2, 0) is 4.79 Å². The first-order valence-corrected chi connectivity index (χ1v) is 7.24. The van der Waals surface area contributed by atoms with E-state index in [1.54, 1.807) is 0 Å². The Morgan fingerprint density at radius 2 is 2.21 bits per heavy atom. The van der Waals surface area contributed by atoms with Gasteiger partial charge in [-0.1, -0.05) is 6.42 Å². The largest absolute Gasteiger partial charge is 0.339 e. The van der Waals surface area contributed by atoms with E-state index in [9.17, 15) is 9.59 Å². The summed E-state index contributed by atoms with van der Waals surface area (Å²) in [7, 11) is 0. The molecule has 0 spiro atoms. The third-order valence-corrected chi connectivity index (χ3v) is 4.82. The number of carbonyl (C=O) groups is 2. The molecular weight excluding hydrogens is 244 g/mol. The fourth-order valence-electron chi connectivity index (χ4n) is 3.68. The van der Waals surface area contributed by atoms with Gasteiger partial charge in [0.1, 0.15) is 0 Å². The molecule has 0 radical (unpaired) electrons. The predicted octanol–water partition coefficient (Wildman–Crippen LogP) is -0.403. The van der Waals surface area contributed by atoms with E-state index in [4.69, 9.17) is 5.73 Å². The van der Waals surface area contributed by atoms with Crippen molar-refractivity contribution in [2.75, 3.05) is 32.7 Å². The maximum absolute atomic E-state index is 12.6. The average molecular weight is 266 g/mol. The lowest BCUT2D eigenvalue weighted by Crippen LogP contribution is -2.55. The van der Waals surface area contributed by atoms with Gasteiger partial charge in [-0.3, -0.25) is 4.79 Å². The van der Waals surface area contributed by atoms with Crippen molar-refractivity contribution in [2.24, 2.45) is 17.6 Å². The van der Waals surface area contributed by atoms with Crippen molar-refractivity contribution in [1.29, 1.82) is 0 Å². The summed E-state index contributed by atoms with van der Waals surface area (Å²) in [5.41, 5.74) is 5.76. The van der Waals surface area contributed by atoms with Crippen LogP contribution < -0.4 is 11.1 Å². The fourth-order valence-corrected chi connectivity index (χ4v) is 3.68. The van der Waals surface area contributed by atoms with Crippen molar-refractivity contribution < 1.29 is 9.59 Å². The molecule has 2 saturated heterocycles. The molecule has 19 heavy (non-hydrogen) atoms. The summed E-state index contributed by atoms with van der Waals surface area (Å²) in [6.07, 6.45) is 3.17. The summed E-state index contributed by atoms with van der Waals surface area (Å²) >= 11 is 0. The Labute approximate surface area is 113 Å². The lowest BCUT2D eigenvalue weighted by atomic mass is 9.94. The van der Waals surface area contributed by atoms with E-state index in [1.165, 1.54) is 0 Å². The lowest BCUT2D eigenvalue weighted by Gasteiger charge is -2.38. The molecule has 106 valence electrons. The Kier molecular flexibility index (Phi) is 3.35. The van der Waals surface area contributed by atoms with E-state index >= 15 is 0 Å². The van der Waals surface area contributed by atoms with Crippen LogP contribution in [0.2, 0.25) is 0 Å². The molecule has 3 N–H and O–H groups in total. The Balaban J connectivity index is 1.64. The molecule has 3 rings (SSSR count). The maximum atomic E-state index is 12.6. The van der Waals surface area contributed by atoms with Gasteiger partial charge < -0.3 is 20.9 Å². The number of nitrogens with two attached hydrogens (primary N) is 1. The molecule has 3 amide bonds. The van der Waals surface area contributed by atoms with Gasteiger partial charge in [0, 0.05) is 32.1 Å². The van der Waals surface area contributed by atoms with Crippen molar-refractivity contribution in [1.82, 2.24) is 15.1 Å². The van der Waals surface area contributed by atoms with Crippen molar-refractivity contribution in [3.63, 3.8) is 0 Å². The summed E-state index contributed by atoms with van der Waals surface area (Å²) in [4.78, 5) is 27.9. The molecule has 0 aromatic heterocycles. The number of nitrogens with zero attached hydrogens (tertiary/aromatic N) is 2. The van der Waals surface area contributed by atoms with Gasteiger partial charge in [0.15, 0.2) is 0 Å². The molecule has 6 nitrogen and oxygen atoms in total. The van der Waals surface area contributed by atoms with E-state index in [1.807, 2.05) is 9.80 Å². The second-order valence-corrected chi connectivity index (χ2v) is 5.85. The van der Waals surface area contributed by atoms with Crippen molar-refractivity contribution >= 4 is 11.9 Å². The van der Waals surface area contributed by atoms with Crippen LogP contribution in [-0.4, -0.2) is 60.5 Å². The van der Waals surface area contributed by atoms with Gasteiger partial charge >= 0.3 is 6.03 Å². The molecule has 0 aromatic rings. The second kappa shape index (κ2) is 5.00. The Morgan fingerprint density at radius 1 is 1.37 bits per heavy atom. The molecule has 2 aliphatic heterocycles. The molecule has 3 aliphatic rings. The number of fused-ring (bicyclic) bond motifs is 1. The SMILES string of the molecule is NCC1CCCC1C(=O)N1CCN2C(=O)NCC2C1. The number of amides is 3. The minimum absolute atomic E-state index is 0.0119. The summed E-state index contributed by atoms with van der Waals surface area (Å²) in [5.74, 6) is 0.724. The van der Waals surface area contributed by atoms with Gasteiger partial charge in [0.05, 0.1) is 6.04 Å². The zero-order valence-electron chi connectivity index (χ0n) is 11.2. The van der Waals surface area contributed by atoms with Crippen LogP contribution in [0.1, 0.15) is 19.3 Å². The Bertz CT molecular complexity index is 387. The molecule has 0 bridgehead atoms. The first-order valence-electron chi connectivity index (χ1n) is 7.24. The summed E-state index contributed by atoms with van der Waals surface area (Å²) in [6.45, 7) is 3.26. The zero-order chi connectivity index (χ0) is 13.4. The van der Waals surface area contributed by atoms with Crippen LogP contribution in [0.15, 0.2) is 0 Å². The van der Waals surface area contributed by atoms with Crippen molar-refractivity contribution in [3.8, 4) is 0 Å². The number of rotatable bonds is 2. The van der Waals surface area contributed by atoms with Gasteiger partial charge in [-0.2, -0.15) is 0 Å². The number of hydrogen-bond acceptors (Lipinski definition) is 3. The van der Waals surface area contributed by atoms with Gasteiger partial charge in [-0.15, -0.1) is 0 Å². The Morgan fingerprint density at radius 3 is 3.00 bits per heavy atom. The van der Waals surface area contributed by atoms with Gasteiger partial charge in [-0.05, 0) is 25.3 Å². The van der Waals surface area contributed by atoms with Crippen molar-refractivity contribution in [3.05, 3.63) is 0 Å². The zero-order valence-corrected chi connectivity index (χ0v) is 11.2. The van der Waals surface area contributed by atoms with Crippen LogP contribution in [0, 0.1) is 11.8 Å². The molecule has 0 aromatic carbocycles. The summed E-state index contributed by atoms with van der Waals surface area (Å²) in [5, 5.41) is 2.84. The number of hydrogen-bond donors (Lipinski definition) is 2. The smallest absolute Gasteiger partial charge is 0.317 e. The lowest BCUT2D eigenvalue weighted by molar-refractivity contribution is -0.138. The van der Waals surface area contributed by atoms with E-state index in [2.05, 4.69) is 5.32 Å². The molecule has 3 unspecified atom stereocenters. The quantitative estimate of drug-likeness (QED) is 0.713. The summed E-state index contributed by atoms with van der Waals surface area (Å²) in [6, 6.07) is 0.167. The number of nitrogens with one attached hydrogen (secondary N) is 1. The van der Waals surface area contributed by atoms with Crippen LogP contribution in [0.4, 0.5) is 4.79 Å². The normalized spacial score (nSPS) is 34.4. The van der Waals surface area contributed by atoms with E-state index < -0.39 is 0 Å². The average Bonchev–Trinajstić information content (AvgIpc) is 3.04. The predicted molar refractivity (Wildman–Crippen MR) is 70.4 cm³/mol. The third-order valence-electron chi connectivity index (χ3n) is 4.82. The first kappa shape index (κ1) is 12.7. The monoisotopic (exact) mass is 266 g/mol. The highest BCUT2D eigenvalue weighted by molar-refractivity contribution is 5.81. The minimum Gasteiger partial charge on any atom is -0.339 e. The van der Waals surface area contributed by atoms with Crippen LogP contribution in [0.3, 0.4) is 0 Å². The Hall–Kier alpha value is -1.30. The number of piperazine rings is 1. The number of urea groups is 1. The van der Waals surface area contributed by atoms with E-state index in [0.29, 0.717) is 38.6 Å². The maximum Gasteiger partial charge on any atom is 0.317 e. The van der Waals surface area contributed by atoms with Crippen LogP contribution in [0.25, 0.3) is 0 Å². The fraction of sp³-hybridized carbons (Fsp3) is 0.846. The van der Waals surface area contributed by atoms with Crippen molar-refractivity contribution in [2.45, 2.75) is 25.3 Å².